The fourth-order valence-corrected chi connectivity index (χ4v) is 2.39. The van der Waals surface area contributed by atoms with Gasteiger partial charge < -0.3 is 0 Å². The average Bonchev–Trinajstić information content (AvgIpc) is 3.12. The zero-order valence-corrected chi connectivity index (χ0v) is 13.9. The summed E-state index contributed by atoms with van der Waals surface area (Å²) in [5.74, 6) is -0.379. The first-order valence-electron chi connectivity index (χ1n) is 7.59. The van der Waals surface area contributed by atoms with Gasteiger partial charge in [0.2, 0.25) is 0 Å². The number of H-pyrrole nitrogens is 1. The zero-order chi connectivity index (χ0) is 17.5. The van der Waals surface area contributed by atoms with E-state index in [-0.39, 0.29) is 5.91 Å². The van der Waals surface area contributed by atoms with Crippen molar-refractivity contribution < 1.29 is 4.79 Å². The molecule has 0 radical (unpaired) electrons. The molecule has 0 unspecified atom stereocenters. The first-order valence-corrected chi connectivity index (χ1v) is 7.97. The number of amides is 1. The van der Waals surface area contributed by atoms with Crippen molar-refractivity contribution in [2.24, 2.45) is 5.10 Å². The summed E-state index contributed by atoms with van der Waals surface area (Å²) in [5, 5.41) is 11.3. The summed E-state index contributed by atoms with van der Waals surface area (Å²) in [7, 11) is 0. The average molecular weight is 351 g/mol. The number of carbonyl (C=O) groups is 1. The fourth-order valence-electron chi connectivity index (χ4n) is 2.16. The third-order valence-electron chi connectivity index (χ3n) is 3.39. The zero-order valence-electron chi connectivity index (χ0n) is 13.2. The summed E-state index contributed by atoms with van der Waals surface area (Å²) in [4.78, 5) is 12.1. The van der Waals surface area contributed by atoms with E-state index in [2.05, 4.69) is 20.7 Å². The van der Waals surface area contributed by atoms with Gasteiger partial charge in [0, 0.05) is 11.8 Å². The van der Waals surface area contributed by atoms with Gasteiger partial charge in [-0.25, -0.2) is 5.43 Å². The molecule has 0 bridgehead atoms. The third kappa shape index (κ3) is 4.43. The Morgan fingerprint density at radius 2 is 1.88 bits per heavy atom. The van der Waals surface area contributed by atoms with Gasteiger partial charge in [-0.3, -0.25) is 9.89 Å². The maximum Gasteiger partial charge on any atom is 0.289 e. The van der Waals surface area contributed by atoms with Crippen LogP contribution in [0.4, 0.5) is 0 Å². The Morgan fingerprint density at radius 1 is 1.12 bits per heavy atom. The molecule has 1 amide bonds. The van der Waals surface area contributed by atoms with Crippen molar-refractivity contribution in [3.8, 4) is 11.3 Å². The number of aromatic amines is 1. The second-order valence-electron chi connectivity index (χ2n) is 5.14. The van der Waals surface area contributed by atoms with E-state index in [4.69, 9.17) is 11.6 Å². The van der Waals surface area contributed by atoms with Crippen LogP contribution >= 0.6 is 11.6 Å². The summed E-state index contributed by atoms with van der Waals surface area (Å²) in [6, 6.07) is 18.7. The fraction of sp³-hybridized carbons (Fsp3) is 0. The molecule has 3 aromatic rings. The normalized spacial score (nSPS) is 11.2. The SMILES string of the molecule is O=C(NN=CC=Cc1ccccc1)c1cc(-c2ccccc2Cl)n[nH]1. The van der Waals surface area contributed by atoms with Gasteiger partial charge in [-0.1, -0.05) is 66.2 Å². The lowest BCUT2D eigenvalue weighted by molar-refractivity contribution is 0.0950. The molecule has 2 aromatic carbocycles. The van der Waals surface area contributed by atoms with Gasteiger partial charge in [0.15, 0.2) is 0 Å². The Bertz CT molecular complexity index is 916. The van der Waals surface area contributed by atoms with Crippen molar-refractivity contribution in [2.75, 3.05) is 0 Å². The highest BCUT2D eigenvalue weighted by Crippen LogP contribution is 2.26. The van der Waals surface area contributed by atoms with Gasteiger partial charge >= 0.3 is 0 Å². The minimum Gasteiger partial charge on any atom is -0.272 e. The van der Waals surface area contributed by atoms with Crippen molar-refractivity contribution in [1.82, 2.24) is 15.6 Å². The highest BCUT2D eigenvalue weighted by atomic mass is 35.5. The third-order valence-corrected chi connectivity index (χ3v) is 3.72. The lowest BCUT2D eigenvalue weighted by atomic mass is 10.1. The molecule has 0 atom stereocenters. The van der Waals surface area contributed by atoms with Gasteiger partial charge in [0.1, 0.15) is 5.69 Å². The molecule has 0 spiro atoms. The van der Waals surface area contributed by atoms with Crippen LogP contribution < -0.4 is 5.43 Å². The number of nitrogens with zero attached hydrogens (tertiary/aromatic N) is 2. The first kappa shape index (κ1) is 16.7. The Labute approximate surface area is 150 Å². The molecule has 2 N–H and O–H groups in total. The summed E-state index contributed by atoms with van der Waals surface area (Å²) < 4.78 is 0. The maximum absolute atomic E-state index is 12.1. The van der Waals surface area contributed by atoms with Gasteiger partial charge in [-0.15, -0.1) is 0 Å². The van der Waals surface area contributed by atoms with Crippen LogP contribution in [0.1, 0.15) is 16.1 Å². The molecule has 1 heterocycles. The molecule has 0 aliphatic heterocycles. The van der Waals surface area contributed by atoms with Crippen LogP contribution in [0.3, 0.4) is 0 Å². The number of hydrazone groups is 1. The van der Waals surface area contributed by atoms with E-state index in [1.807, 2.05) is 54.6 Å². The van der Waals surface area contributed by atoms with E-state index in [1.165, 1.54) is 6.21 Å². The molecule has 0 saturated heterocycles. The molecule has 25 heavy (non-hydrogen) atoms. The predicted octanol–water partition coefficient (Wildman–Crippen LogP) is 4.16. The summed E-state index contributed by atoms with van der Waals surface area (Å²) in [5.41, 5.74) is 5.16. The van der Waals surface area contributed by atoms with Crippen LogP contribution in [0.5, 0.6) is 0 Å². The second-order valence-corrected chi connectivity index (χ2v) is 5.54. The molecule has 0 aliphatic rings. The quantitative estimate of drug-likeness (QED) is 0.536. The lowest BCUT2D eigenvalue weighted by Gasteiger charge is -1.98. The van der Waals surface area contributed by atoms with Crippen molar-refractivity contribution in [3.05, 3.63) is 83.0 Å². The number of hydrogen-bond donors (Lipinski definition) is 2. The van der Waals surface area contributed by atoms with Crippen LogP contribution in [0.2, 0.25) is 5.02 Å². The standard InChI is InChI=1S/C19H15ClN4O/c20-16-11-5-4-10-15(16)17-13-18(23-22-17)19(25)24-21-12-6-9-14-7-2-1-3-8-14/h1-13H,(H,22,23)(H,24,25). The van der Waals surface area contributed by atoms with Crippen LogP contribution in [0.25, 0.3) is 17.3 Å². The topological polar surface area (TPSA) is 70.1 Å². The van der Waals surface area contributed by atoms with Crippen LogP contribution in [-0.2, 0) is 0 Å². The minimum atomic E-state index is -0.379. The first-order chi connectivity index (χ1) is 12.2. The van der Waals surface area contributed by atoms with Crippen molar-refractivity contribution in [1.29, 1.82) is 0 Å². The van der Waals surface area contributed by atoms with Crippen LogP contribution in [0, 0.1) is 0 Å². The molecule has 5 nitrogen and oxygen atoms in total. The molecule has 3 rings (SSSR count). The molecule has 0 saturated carbocycles. The molecule has 6 heteroatoms. The lowest BCUT2D eigenvalue weighted by Crippen LogP contribution is -2.17. The van der Waals surface area contributed by atoms with Crippen LogP contribution in [-0.4, -0.2) is 22.3 Å². The van der Waals surface area contributed by atoms with E-state index >= 15 is 0 Å². The van der Waals surface area contributed by atoms with Gasteiger partial charge in [0.05, 0.1) is 10.7 Å². The van der Waals surface area contributed by atoms with E-state index < -0.39 is 0 Å². The maximum atomic E-state index is 12.1. The van der Waals surface area contributed by atoms with E-state index in [1.54, 1.807) is 18.2 Å². The van der Waals surface area contributed by atoms with E-state index in [0.717, 1.165) is 11.1 Å². The monoisotopic (exact) mass is 350 g/mol. The number of nitrogens with one attached hydrogen (secondary N) is 2. The molecule has 1 aromatic heterocycles. The highest BCUT2D eigenvalue weighted by Gasteiger charge is 2.11. The molecular weight excluding hydrogens is 336 g/mol. The second kappa shape index (κ2) is 8.08. The highest BCUT2D eigenvalue weighted by molar-refractivity contribution is 6.33. The van der Waals surface area contributed by atoms with Crippen molar-refractivity contribution in [3.63, 3.8) is 0 Å². The Kier molecular flexibility index (Phi) is 5.39. The number of benzene rings is 2. The number of hydrogen-bond acceptors (Lipinski definition) is 3. The Morgan fingerprint density at radius 3 is 2.68 bits per heavy atom. The Hall–Kier alpha value is -3.18. The van der Waals surface area contributed by atoms with Gasteiger partial charge in [0.25, 0.3) is 5.91 Å². The number of carbonyl (C=O) groups excluding carboxylic acids is 1. The molecule has 0 aliphatic carbocycles. The van der Waals surface area contributed by atoms with Gasteiger partial charge in [-0.05, 0) is 23.8 Å². The largest absolute Gasteiger partial charge is 0.289 e. The number of rotatable bonds is 5. The Balaban J connectivity index is 1.60. The number of halogens is 1. The molecule has 124 valence electrons. The minimum absolute atomic E-state index is 0.305. The van der Waals surface area contributed by atoms with Crippen molar-refractivity contribution in [2.45, 2.75) is 0 Å². The summed E-state index contributed by atoms with van der Waals surface area (Å²) in [6.45, 7) is 0. The summed E-state index contributed by atoms with van der Waals surface area (Å²) in [6.07, 6.45) is 5.15. The van der Waals surface area contributed by atoms with Gasteiger partial charge in [-0.2, -0.15) is 10.2 Å². The van der Waals surface area contributed by atoms with Crippen LogP contribution in [0.15, 0.2) is 71.8 Å². The van der Waals surface area contributed by atoms with E-state index in [0.29, 0.717) is 16.4 Å². The summed E-state index contributed by atoms with van der Waals surface area (Å²) >= 11 is 6.13. The van der Waals surface area contributed by atoms with Crippen molar-refractivity contribution >= 4 is 29.8 Å². The molecular formula is C19H15ClN4O. The molecule has 0 fully saturated rings. The number of aromatic nitrogens is 2. The predicted molar refractivity (Wildman–Crippen MR) is 100 cm³/mol. The smallest absolute Gasteiger partial charge is 0.272 e. The number of allylic oxidation sites excluding steroid dienone is 1. The van der Waals surface area contributed by atoms with E-state index in [9.17, 15) is 4.79 Å².